The van der Waals surface area contributed by atoms with Gasteiger partial charge in [0.1, 0.15) is 5.70 Å². The van der Waals surface area contributed by atoms with Gasteiger partial charge in [0, 0.05) is 12.8 Å². The minimum absolute atomic E-state index is 0.313. The molecule has 1 fully saturated rings. The first-order valence-electron chi connectivity index (χ1n) is 6.22. The van der Waals surface area contributed by atoms with E-state index < -0.39 is 6.10 Å². The van der Waals surface area contributed by atoms with Gasteiger partial charge in [0.15, 0.2) is 6.10 Å². The molecule has 3 heterocycles. The van der Waals surface area contributed by atoms with E-state index in [0.717, 1.165) is 18.4 Å². The van der Waals surface area contributed by atoms with Crippen LogP contribution in [0.4, 0.5) is 0 Å². The van der Waals surface area contributed by atoms with Crippen LogP contribution in [0.3, 0.4) is 0 Å². The molecule has 0 radical (unpaired) electrons. The fourth-order valence-corrected chi connectivity index (χ4v) is 2.93. The van der Waals surface area contributed by atoms with Crippen molar-refractivity contribution in [2.45, 2.75) is 18.9 Å². The molecule has 1 saturated heterocycles. The maximum Gasteiger partial charge on any atom is 0.153 e. The number of hydrogen-bond acceptors (Lipinski definition) is 2. The maximum absolute atomic E-state index is 12.6. The molecule has 1 aromatic carbocycles. The van der Waals surface area contributed by atoms with Gasteiger partial charge in [-0.15, -0.1) is 0 Å². The van der Waals surface area contributed by atoms with E-state index in [2.05, 4.69) is 0 Å². The van der Waals surface area contributed by atoms with Gasteiger partial charge < -0.3 is 15.0 Å². The Balaban J connectivity index is 1.95. The smallest absolute Gasteiger partial charge is 0.153 e. The van der Waals surface area contributed by atoms with Gasteiger partial charge in [0.2, 0.25) is 0 Å². The second kappa shape index (κ2) is 3.95. The zero-order valence-electron chi connectivity index (χ0n) is 9.75. The van der Waals surface area contributed by atoms with E-state index >= 15 is 0 Å². The maximum atomic E-state index is 12.6. The van der Waals surface area contributed by atoms with Crippen molar-refractivity contribution >= 4 is 0 Å². The van der Waals surface area contributed by atoms with Crippen molar-refractivity contribution in [3.8, 4) is 0 Å². The quantitative estimate of drug-likeness (QED) is 0.627. The lowest BCUT2D eigenvalue weighted by Gasteiger charge is -2.52. The Morgan fingerprint density at radius 1 is 1.18 bits per heavy atom. The molecule has 3 aliphatic rings. The number of aliphatic hydroxyl groups excluding tert-OH is 1. The van der Waals surface area contributed by atoms with Gasteiger partial charge in [0.05, 0.1) is 13.1 Å². The van der Waals surface area contributed by atoms with Crippen molar-refractivity contribution in [1.29, 1.82) is 0 Å². The van der Waals surface area contributed by atoms with Gasteiger partial charge in [-0.3, -0.25) is 0 Å². The van der Waals surface area contributed by atoms with Crippen LogP contribution in [-0.2, 0) is 0 Å². The average Bonchev–Trinajstić information content (AvgIpc) is 2.39. The predicted octanol–water partition coefficient (Wildman–Crippen LogP) is 2.34. The Morgan fingerprint density at radius 2 is 1.82 bits per heavy atom. The van der Waals surface area contributed by atoms with Gasteiger partial charge in [-0.25, -0.2) is 0 Å². The number of hydrogen-bond donors (Lipinski definition) is 1. The van der Waals surface area contributed by atoms with Gasteiger partial charge in [-0.1, -0.05) is 30.3 Å². The number of fused-ring (bicyclic) bond motifs is 2. The van der Waals surface area contributed by atoms with Gasteiger partial charge in [0.25, 0.3) is 0 Å². The first-order valence-corrected chi connectivity index (χ1v) is 6.22. The summed E-state index contributed by atoms with van der Waals surface area (Å²) in [6.07, 6.45) is 3.21. The number of quaternary nitrogens is 1. The monoisotopic (exact) mass is 231 g/mol. The summed E-state index contributed by atoms with van der Waals surface area (Å²) in [5, 5.41) is 22.9. The molecule has 0 saturated carbocycles. The van der Waals surface area contributed by atoms with Crippen molar-refractivity contribution in [2.75, 3.05) is 13.1 Å². The van der Waals surface area contributed by atoms with Crippen LogP contribution in [0, 0.1) is 11.1 Å². The Hall–Kier alpha value is -1.16. The number of benzene rings is 1. The normalized spacial score (nSPS) is 33.3. The minimum atomic E-state index is -0.739. The van der Waals surface area contributed by atoms with E-state index in [1.807, 2.05) is 36.4 Å². The average molecular weight is 231 g/mol. The fourth-order valence-electron chi connectivity index (χ4n) is 2.93. The topological polar surface area (TPSA) is 43.3 Å². The Bertz CT molecular complexity index is 433. The highest BCUT2D eigenvalue weighted by Gasteiger charge is 2.39. The summed E-state index contributed by atoms with van der Waals surface area (Å²) in [6, 6.07) is 9.46. The molecule has 0 aromatic heterocycles. The predicted molar refractivity (Wildman–Crippen MR) is 65.6 cm³/mol. The van der Waals surface area contributed by atoms with E-state index in [0.29, 0.717) is 24.7 Å². The lowest BCUT2D eigenvalue weighted by molar-refractivity contribution is -0.858. The summed E-state index contributed by atoms with van der Waals surface area (Å²) >= 11 is 0. The van der Waals surface area contributed by atoms with Crippen molar-refractivity contribution in [2.24, 2.45) is 5.92 Å². The molecule has 17 heavy (non-hydrogen) atoms. The lowest BCUT2D eigenvalue weighted by atomic mass is 9.87. The third kappa shape index (κ3) is 1.80. The lowest BCUT2D eigenvalue weighted by Crippen LogP contribution is -2.52. The van der Waals surface area contributed by atoms with Crippen LogP contribution in [-0.4, -0.2) is 22.8 Å². The van der Waals surface area contributed by atoms with Crippen molar-refractivity contribution in [3.63, 3.8) is 0 Å². The van der Waals surface area contributed by atoms with Crippen molar-refractivity contribution in [3.05, 3.63) is 52.9 Å². The minimum Gasteiger partial charge on any atom is -0.627 e. The molecule has 1 atom stereocenters. The van der Waals surface area contributed by atoms with Gasteiger partial charge in [-0.05, 0) is 17.6 Å². The largest absolute Gasteiger partial charge is 0.627 e. The number of aliphatic hydroxyl groups is 1. The van der Waals surface area contributed by atoms with Crippen LogP contribution in [0.15, 0.2) is 42.1 Å². The summed E-state index contributed by atoms with van der Waals surface area (Å²) in [4.78, 5) is 0. The third-order valence-electron chi connectivity index (χ3n) is 3.99. The summed E-state index contributed by atoms with van der Waals surface area (Å²) in [6.45, 7) is 1.25. The highest BCUT2D eigenvalue weighted by molar-refractivity contribution is 5.25. The third-order valence-corrected chi connectivity index (χ3v) is 3.99. The molecule has 0 amide bonds. The fraction of sp³-hybridized carbons (Fsp3) is 0.429. The summed E-state index contributed by atoms with van der Waals surface area (Å²) in [5.74, 6) is 0.498. The van der Waals surface area contributed by atoms with E-state index in [9.17, 15) is 10.3 Å². The molecule has 2 bridgehead atoms. The van der Waals surface area contributed by atoms with Crippen molar-refractivity contribution in [1.82, 2.24) is 0 Å². The molecule has 0 spiro atoms. The van der Waals surface area contributed by atoms with Crippen LogP contribution in [0.1, 0.15) is 24.5 Å². The molecule has 3 aliphatic heterocycles. The Kier molecular flexibility index (Phi) is 2.54. The molecule has 4 rings (SSSR count). The SMILES string of the molecule is [O-][N+]12CCC(C=C1C(O)c1ccccc1)CC2. The zero-order chi connectivity index (χ0) is 11.9. The zero-order valence-corrected chi connectivity index (χ0v) is 9.75. The molecular weight excluding hydrogens is 214 g/mol. The summed E-state index contributed by atoms with van der Waals surface area (Å²) in [5.41, 5.74) is 1.47. The Morgan fingerprint density at radius 3 is 2.41 bits per heavy atom. The van der Waals surface area contributed by atoms with Crippen LogP contribution in [0.2, 0.25) is 0 Å². The van der Waals surface area contributed by atoms with E-state index in [1.54, 1.807) is 0 Å². The summed E-state index contributed by atoms with van der Waals surface area (Å²) < 4.78 is -0.313. The second-order valence-electron chi connectivity index (χ2n) is 5.08. The number of hydroxylamine groups is 3. The van der Waals surface area contributed by atoms with Crippen LogP contribution in [0.5, 0.6) is 0 Å². The van der Waals surface area contributed by atoms with Gasteiger partial charge >= 0.3 is 0 Å². The van der Waals surface area contributed by atoms with Crippen LogP contribution in [0.25, 0.3) is 0 Å². The molecular formula is C14H17NO2. The number of allylic oxidation sites excluding steroid dienone is 1. The first-order chi connectivity index (χ1) is 8.19. The molecule has 90 valence electrons. The Labute approximate surface area is 101 Å². The van der Waals surface area contributed by atoms with Crippen molar-refractivity contribution < 1.29 is 9.75 Å². The van der Waals surface area contributed by atoms with Gasteiger partial charge in [-0.2, -0.15) is 0 Å². The molecule has 1 aromatic rings. The molecule has 3 heteroatoms. The highest BCUT2D eigenvalue weighted by atomic mass is 16.5. The molecule has 1 unspecified atom stereocenters. The molecule has 1 N–H and O–H groups in total. The number of piperidine rings is 1. The van der Waals surface area contributed by atoms with E-state index in [4.69, 9.17) is 0 Å². The standard InChI is InChI=1S/C14H17NO2/c16-14(12-4-2-1-3-5-12)13-10-11-6-8-15(13,17)9-7-11/h1-5,10-11,14,16H,6-9H2. The number of rotatable bonds is 2. The second-order valence-corrected chi connectivity index (χ2v) is 5.08. The van der Waals surface area contributed by atoms with E-state index in [1.165, 1.54) is 0 Å². The molecule has 3 nitrogen and oxygen atoms in total. The van der Waals surface area contributed by atoms with Crippen LogP contribution >= 0.6 is 0 Å². The molecule has 0 aliphatic carbocycles. The summed E-state index contributed by atoms with van der Waals surface area (Å²) in [7, 11) is 0. The van der Waals surface area contributed by atoms with E-state index in [-0.39, 0.29) is 4.65 Å². The van der Waals surface area contributed by atoms with Crippen LogP contribution < -0.4 is 0 Å². The first kappa shape index (κ1) is 11.0. The number of nitrogens with zero attached hydrogens (tertiary/aromatic N) is 1. The highest BCUT2D eigenvalue weighted by Crippen LogP contribution is 2.41.